The Morgan fingerprint density at radius 3 is 2.77 bits per heavy atom. The SMILES string of the molecule is C[C@@H](O)[C@H]1C(=O)N2C(C(=O)O)=C(S[C@@H]3CN[C@H](C4CC4CN)C3)[C@H](C)[C@H]12. The summed E-state index contributed by atoms with van der Waals surface area (Å²) in [6, 6.07) is 0.238. The molecule has 4 rings (SSSR count). The van der Waals surface area contributed by atoms with Gasteiger partial charge in [0.2, 0.25) is 5.91 Å². The van der Waals surface area contributed by atoms with E-state index in [9.17, 15) is 19.8 Å². The first-order valence-electron chi connectivity index (χ1n) is 9.43. The van der Waals surface area contributed by atoms with E-state index in [0.717, 1.165) is 24.4 Å². The Bertz CT molecular complexity index is 667. The van der Waals surface area contributed by atoms with Crippen molar-refractivity contribution in [2.75, 3.05) is 13.1 Å². The van der Waals surface area contributed by atoms with Crippen molar-refractivity contribution in [2.24, 2.45) is 29.4 Å². The van der Waals surface area contributed by atoms with Crippen LogP contribution in [0.2, 0.25) is 0 Å². The first-order chi connectivity index (χ1) is 12.3. The van der Waals surface area contributed by atoms with E-state index in [4.69, 9.17) is 5.73 Å². The standard InChI is InChI=1S/C18H27N3O4S/c1-7-14-13(8(2)22)17(23)21(14)15(18(24)25)16(7)26-10-4-12(20-6-10)11-3-9(11)5-19/h7-14,20,22H,3-6,19H2,1-2H3,(H,24,25)/t7-,8-,9?,10+,11?,12+,13-,14-/m1/s1. The number of hydrogen-bond donors (Lipinski definition) is 4. The number of nitrogens with one attached hydrogen (secondary N) is 1. The molecule has 3 heterocycles. The van der Waals surface area contributed by atoms with Crippen molar-refractivity contribution in [3.05, 3.63) is 10.6 Å². The number of β-lactam (4-membered cyclic amide) rings is 1. The highest BCUT2D eigenvalue weighted by Crippen LogP contribution is 2.52. The summed E-state index contributed by atoms with van der Waals surface area (Å²) in [6.07, 6.45) is 1.44. The summed E-state index contributed by atoms with van der Waals surface area (Å²) in [5.41, 5.74) is 5.88. The summed E-state index contributed by atoms with van der Waals surface area (Å²) in [4.78, 5) is 26.4. The van der Waals surface area contributed by atoms with Crippen LogP contribution in [0, 0.1) is 23.7 Å². The second kappa shape index (κ2) is 6.51. The fourth-order valence-corrected chi connectivity index (χ4v) is 6.54. The number of carboxylic acid groups (broad SMARTS) is 1. The average molecular weight is 381 g/mol. The molecule has 1 aliphatic carbocycles. The number of hydrogen-bond acceptors (Lipinski definition) is 6. The summed E-state index contributed by atoms with van der Waals surface area (Å²) < 4.78 is 0. The number of thioether (sulfide) groups is 1. The van der Waals surface area contributed by atoms with Crippen LogP contribution in [0.3, 0.4) is 0 Å². The highest BCUT2D eigenvalue weighted by atomic mass is 32.2. The normalized spacial score (nSPS) is 42.7. The smallest absolute Gasteiger partial charge is 0.353 e. The van der Waals surface area contributed by atoms with Crippen LogP contribution in [0.15, 0.2) is 10.6 Å². The molecule has 2 unspecified atom stereocenters. The Morgan fingerprint density at radius 2 is 2.19 bits per heavy atom. The highest BCUT2D eigenvalue weighted by Gasteiger charge is 2.60. The van der Waals surface area contributed by atoms with Crippen LogP contribution < -0.4 is 11.1 Å². The molecule has 2 saturated heterocycles. The molecule has 144 valence electrons. The first-order valence-corrected chi connectivity index (χ1v) is 10.3. The van der Waals surface area contributed by atoms with Gasteiger partial charge < -0.3 is 26.2 Å². The summed E-state index contributed by atoms with van der Waals surface area (Å²) in [5.74, 6) is -0.588. The van der Waals surface area contributed by atoms with Crippen LogP contribution >= 0.6 is 11.8 Å². The second-order valence-corrected chi connectivity index (χ2v) is 9.50. The number of carbonyl (C=O) groups is 2. The molecule has 8 heteroatoms. The minimum Gasteiger partial charge on any atom is -0.477 e. The molecule has 0 radical (unpaired) electrons. The number of amides is 1. The second-order valence-electron chi connectivity index (χ2n) is 8.16. The predicted molar refractivity (Wildman–Crippen MR) is 98.1 cm³/mol. The van der Waals surface area contributed by atoms with Crippen molar-refractivity contribution in [3.8, 4) is 0 Å². The molecule has 1 amide bonds. The molecule has 0 bridgehead atoms. The van der Waals surface area contributed by atoms with E-state index in [1.54, 1.807) is 18.7 Å². The molecule has 0 aromatic carbocycles. The zero-order valence-corrected chi connectivity index (χ0v) is 15.9. The van der Waals surface area contributed by atoms with E-state index in [2.05, 4.69) is 5.32 Å². The van der Waals surface area contributed by atoms with E-state index in [1.807, 2.05) is 6.92 Å². The van der Waals surface area contributed by atoms with Crippen molar-refractivity contribution < 1.29 is 19.8 Å². The van der Waals surface area contributed by atoms with Gasteiger partial charge in [-0.25, -0.2) is 4.79 Å². The quantitative estimate of drug-likeness (QED) is 0.486. The molecule has 1 saturated carbocycles. The summed E-state index contributed by atoms with van der Waals surface area (Å²) in [5, 5.41) is 23.5. The summed E-state index contributed by atoms with van der Waals surface area (Å²) >= 11 is 1.61. The van der Waals surface area contributed by atoms with E-state index >= 15 is 0 Å². The van der Waals surface area contributed by atoms with Crippen LogP contribution in [0.5, 0.6) is 0 Å². The van der Waals surface area contributed by atoms with Gasteiger partial charge in [0.25, 0.3) is 0 Å². The minimum atomic E-state index is -1.05. The maximum absolute atomic E-state index is 12.4. The Hall–Kier alpha value is -1.09. The number of rotatable bonds is 6. The van der Waals surface area contributed by atoms with Crippen molar-refractivity contribution in [3.63, 3.8) is 0 Å². The zero-order valence-electron chi connectivity index (χ0n) is 15.1. The molecule has 0 aromatic rings. The van der Waals surface area contributed by atoms with Crippen molar-refractivity contribution in [1.29, 1.82) is 0 Å². The van der Waals surface area contributed by atoms with Gasteiger partial charge in [-0.2, -0.15) is 0 Å². The molecule has 4 aliphatic rings. The van der Waals surface area contributed by atoms with E-state index < -0.39 is 18.0 Å². The van der Waals surface area contributed by atoms with Crippen LogP contribution in [0.4, 0.5) is 0 Å². The lowest BCUT2D eigenvalue weighted by Crippen LogP contribution is -2.63. The van der Waals surface area contributed by atoms with E-state index in [1.165, 1.54) is 11.3 Å². The molecule has 3 fully saturated rings. The van der Waals surface area contributed by atoms with Crippen molar-refractivity contribution in [2.45, 2.75) is 50.1 Å². The van der Waals surface area contributed by atoms with Gasteiger partial charge in [0.05, 0.1) is 18.1 Å². The van der Waals surface area contributed by atoms with Gasteiger partial charge in [-0.15, -0.1) is 11.8 Å². The number of nitrogens with two attached hydrogens (primary N) is 1. The Kier molecular flexibility index (Phi) is 4.58. The van der Waals surface area contributed by atoms with Crippen LogP contribution in [-0.4, -0.2) is 63.5 Å². The van der Waals surface area contributed by atoms with Crippen LogP contribution in [0.25, 0.3) is 0 Å². The zero-order chi connectivity index (χ0) is 18.7. The van der Waals surface area contributed by atoms with Crippen LogP contribution in [-0.2, 0) is 9.59 Å². The molecule has 0 aromatic heterocycles. The van der Waals surface area contributed by atoms with Gasteiger partial charge in [-0.3, -0.25) is 4.79 Å². The molecular weight excluding hydrogens is 354 g/mol. The lowest BCUT2D eigenvalue weighted by molar-refractivity contribution is -0.163. The van der Waals surface area contributed by atoms with Gasteiger partial charge in [-0.1, -0.05) is 6.92 Å². The van der Waals surface area contributed by atoms with Gasteiger partial charge in [-0.05, 0) is 38.1 Å². The predicted octanol–water partition coefficient (Wildman–Crippen LogP) is 0.199. The molecule has 7 nitrogen and oxygen atoms in total. The lowest BCUT2D eigenvalue weighted by Gasteiger charge is -2.46. The number of fused-ring (bicyclic) bond motifs is 1. The topological polar surface area (TPSA) is 116 Å². The maximum atomic E-state index is 12.4. The molecule has 8 atom stereocenters. The van der Waals surface area contributed by atoms with Gasteiger partial charge >= 0.3 is 5.97 Å². The number of nitrogens with zero attached hydrogens (tertiary/aromatic N) is 1. The number of carbonyl (C=O) groups excluding carboxylic acids is 1. The monoisotopic (exact) mass is 381 g/mol. The fourth-order valence-electron chi connectivity index (χ4n) is 5.04. The van der Waals surface area contributed by atoms with Gasteiger partial charge in [0.1, 0.15) is 5.70 Å². The number of aliphatic carboxylic acids is 1. The molecular formula is C18H27N3O4S. The summed E-state index contributed by atoms with van der Waals surface area (Å²) in [6.45, 7) is 5.17. The lowest BCUT2D eigenvalue weighted by atomic mass is 9.79. The third-order valence-electron chi connectivity index (χ3n) is 6.53. The summed E-state index contributed by atoms with van der Waals surface area (Å²) in [7, 11) is 0. The third-order valence-corrected chi connectivity index (χ3v) is 8.04. The third kappa shape index (κ3) is 2.69. The van der Waals surface area contributed by atoms with Crippen molar-refractivity contribution >= 4 is 23.6 Å². The Balaban J connectivity index is 1.49. The Labute approximate surface area is 157 Å². The largest absolute Gasteiger partial charge is 0.477 e. The van der Waals surface area contributed by atoms with Crippen LogP contribution in [0.1, 0.15) is 26.7 Å². The maximum Gasteiger partial charge on any atom is 0.353 e. The molecule has 5 N–H and O–H groups in total. The molecule has 3 aliphatic heterocycles. The molecule has 0 spiro atoms. The fraction of sp³-hybridized carbons (Fsp3) is 0.778. The first kappa shape index (κ1) is 18.3. The number of aliphatic hydroxyl groups excluding tert-OH is 1. The van der Waals surface area contributed by atoms with Crippen molar-refractivity contribution in [1.82, 2.24) is 10.2 Å². The minimum absolute atomic E-state index is 0.0554. The van der Waals surface area contributed by atoms with Gasteiger partial charge in [0, 0.05) is 28.7 Å². The van der Waals surface area contributed by atoms with E-state index in [0.29, 0.717) is 23.1 Å². The van der Waals surface area contributed by atoms with Gasteiger partial charge in [0.15, 0.2) is 0 Å². The number of carboxylic acids is 1. The highest BCUT2D eigenvalue weighted by molar-refractivity contribution is 8.03. The number of aliphatic hydroxyl groups is 1. The average Bonchev–Trinajstić information content (AvgIpc) is 3.15. The van der Waals surface area contributed by atoms with E-state index in [-0.39, 0.29) is 23.6 Å². The Morgan fingerprint density at radius 1 is 1.46 bits per heavy atom. The molecule has 26 heavy (non-hydrogen) atoms.